The van der Waals surface area contributed by atoms with E-state index in [2.05, 4.69) is 0 Å². The highest BCUT2D eigenvalue weighted by atomic mass is 35.5. The van der Waals surface area contributed by atoms with Crippen molar-refractivity contribution in [3.63, 3.8) is 0 Å². The number of rotatable bonds is 4. The highest BCUT2D eigenvalue weighted by molar-refractivity contribution is 7.89. The summed E-state index contributed by atoms with van der Waals surface area (Å²) < 4.78 is 69.7. The summed E-state index contributed by atoms with van der Waals surface area (Å²) in [7, 11) is -4.30. The third-order valence-electron chi connectivity index (χ3n) is 6.81. The molecule has 1 amide bonds. The standard InChI is InChI=1S/C25H23ClF3N3O3S/c26-20-14-19(25(27,28)29)7-8-23(20)36(34,35)32-13-12-30-10-3-6-21(30)22(32)15-24(33)31-11-9-17-4-1-2-5-18(17)16-31/h1-8,10,14,22H,9,11-13,15-16H2. The predicted octanol–water partition coefficient (Wildman–Crippen LogP) is 4.88. The molecule has 2 aliphatic rings. The maximum Gasteiger partial charge on any atom is 0.416 e. The van der Waals surface area contributed by atoms with Gasteiger partial charge < -0.3 is 9.47 Å². The van der Waals surface area contributed by atoms with Crippen LogP contribution in [0, 0.1) is 0 Å². The van der Waals surface area contributed by atoms with Crippen LogP contribution in [0.1, 0.15) is 34.8 Å². The van der Waals surface area contributed by atoms with Crippen LogP contribution >= 0.6 is 11.6 Å². The fourth-order valence-corrected chi connectivity index (χ4v) is 7.06. The van der Waals surface area contributed by atoms with Gasteiger partial charge in [-0.25, -0.2) is 8.42 Å². The van der Waals surface area contributed by atoms with Gasteiger partial charge >= 0.3 is 6.18 Å². The number of fused-ring (bicyclic) bond motifs is 2. The zero-order chi connectivity index (χ0) is 25.7. The van der Waals surface area contributed by atoms with E-state index in [-0.39, 0.29) is 18.9 Å². The van der Waals surface area contributed by atoms with Crippen LogP contribution in [0.25, 0.3) is 0 Å². The molecule has 0 bridgehead atoms. The molecular weight excluding hydrogens is 515 g/mol. The van der Waals surface area contributed by atoms with Crippen LogP contribution in [0.15, 0.2) is 65.7 Å². The molecule has 0 saturated heterocycles. The molecule has 1 atom stereocenters. The van der Waals surface area contributed by atoms with Crippen LogP contribution in [0.4, 0.5) is 13.2 Å². The second-order valence-electron chi connectivity index (χ2n) is 8.94. The first-order chi connectivity index (χ1) is 17.1. The number of sulfonamides is 1. The number of halogens is 4. The van der Waals surface area contributed by atoms with Crippen molar-refractivity contribution in [2.24, 2.45) is 0 Å². The lowest BCUT2D eigenvalue weighted by atomic mass is 9.99. The summed E-state index contributed by atoms with van der Waals surface area (Å²) in [6.07, 6.45) is -2.21. The quantitative estimate of drug-likeness (QED) is 0.476. The van der Waals surface area contributed by atoms with Gasteiger partial charge in [-0.3, -0.25) is 4.79 Å². The van der Waals surface area contributed by atoms with E-state index >= 15 is 0 Å². The normalized spacial score (nSPS) is 18.6. The number of alkyl halides is 3. The molecule has 0 aliphatic carbocycles. The Morgan fingerprint density at radius 1 is 1.00 bits per heavy atom. The topological polar surface area (TPSA) is 62.6 Å². The van der Waals surface area contributed by atoms with Crippen LogP contribution in [0.5, 0.6) is 0 Å². The summed E-state index contributed by atoms with van der Waals surface area (Å²) in [5.41, 5.74) is 1.87. The lowest BCUT2D eigenvalue weighted by Gasteiger charge is -2.37. The Kier molecular flexibility index (Phi) is 6.38. The number of nitrogens with zero attached hydrogens (tertiary/aromatic N) is 3. The third-order valence-corrected chi connectivity index (χ3v) is 9.20. The van der Waals surface area contributed by atoms with E-state index in [1.165, 1.54) is 9.87 Å². The molecule has 11 heteroatoms. The second-order valence-corrected chi connectivity index (χ2v) is 11.2. The fourth-order valence-electron chi connectivity index (χ4n) is 4.95. The molecule has 3 heterocycles. The Bertz CT molecular complexity index is 1420. The number of benzene rings is 2. The van der Waals surface area contributed by atoms with Gasteiger partial charge in [-0.1, -0.05) is 35.9 Å². The van der Waals surface area contributed by atoms with Gasteiger partial charge in [0.1, 0.15) is 4.90 Å². The van der Waals surface area contributed by atoms with Crippen molar-refractivity contribution in [1.82, 2.24) is 13.8 Å². The molecular formula is C25H23ClF3N3O3S. The molecule has 190 valence electrons. The Morgan fingerprint density at radius 3 is 2.47 bits per heavy atom. The van der Waals surface area contributed by atoms with Gasteiger partial charge in [0.25, 0.3) is 0 Å². The molecule has 2 aliphatic heterocycles. The SMILES string of the molecule is O=C(CC1c2cccn2CCN1S(=O)(=O)c1ccc(C(F)(F)F)cc1Cl)N1CCc2ccccc2C1. The van der Waals surface area contributed by atoms with Crippen molar-refractivity contribution in [2.75, 3.05) is 13.1 Å². The first kappa shape index (κ1) is 24.9. The highest BCUT2D eigenvalue weighted by Gasteiger charge is 2.40. The Hall–Kier alpha value is -2.82. The van der Waals surface area contributed by atoms with E-state index in [0.29, 0.717) is 43.9 Å². The average Bonchev–Trinajstić information content (AvgIpc) is 3.32. The van der Waals surface area contributed by atoms with Crippen LogP contribution in [0.3, 0.4) is 0 Å². The summed E-state index contributed by atoms with van der Waals surface area (Å²) >= 11 is 6.06. The Morgan fingerprint density at radius 2 is 1.75 bits per heavy atom. The molecule has 0 saturated carbocycles. The Labute approximate surface area is 211 Å². The zero-order valence-corrected chi connectivity index (χ0v) is 20.7. The van der Waals surface area contributed by atoms with Crippen molar-refractivity contribution in [3.8, 4) is 0 Å². The molecule has 1 unspecified atom stereocenters. The number of hydrogen-bond acceptors (Lipinski definition) is 3. The minimum absolute atomic E-state index is 0.0577. The average molecular weight is 538 g/mol. The van der Waals surface area contributed by atoms with Gasteiger partial charge in [-0.2, -0.15) is 17.5 Å². The number of carbonyl (C=O) groups excluding carboxylic acids is 1. The molecule has 0 radical (unpaired) electrons. The van der Waals surface area contributed by atoms with Crippen LogP contribution in [0.2, 0.25) is 5.02 Å². The largest absolute Gasteiger partial charge is 0.416 e. The summed E-state index contributed by atoms with van der Waals surface area (Å²) in [6.45, 7) is 1.38. The van der Waals surface area contributed by atoms with E-state index in [4.69, 9.17) is 11.6 Å². The van der Waals surface area contributed by atoms with Gasteiger partial charge in [0.2, 0.25) is 15.9 Å². The third kappa shape index (κ3) is 4.53. The molecule has 1 aromatic heterocycles. The molecule has 0 spiro atoms. The summed E-state index contributed by atoms with van der Waals surface area (Å²) in [5, 5.41) is -0.511. The van der Waals surface area contributed by atoms with Crippen molar-refractivity contribution >= 4 is 27.5 Å². The monoisotopic (exact) mass is 537 g/mol. The summed E-state index contributed by atoms with van der Waals surface area (Å²) in [4.78, 5) is 14.7. The van der Waals surface area contributed by atoms with Crippen molar-refractivity contribution in [1.29, 1.82) is 0 Å². The minimum Gasteiger partial charge on any atom is -0.349 e. The number of amides is 1. The summed E-state index contributed by atoms with van der Waals surface area (Å²) in [5.74, 6) is -0.192. The van der Waals surface area contributed by atoms with E-state index in [0.717, 1.165) is 11.6 Å². The molecule has 2 aromatic carbocycles. The first-order valence-electron chi connectivity index (χ1n) is 11.4. The second kappa shape index (κ2) is 9.24. The number of aromatic nitrogens is 1. The van der Waals surface area contributed by atoms with Crippen LogP contribution < -0.4 is 0 Å². The smallest absolute Gasteiger partial charge is 0.349 e. The van der Waals surface area contributed by atoms with Gasteiger partial charge in [0.15, 0.2) is 0 Å². The van der Waals surface area contributed by atoms with Crippen molar-refractivity contribution in [2.45, 2.75) is 43.0 Å². The van der Waals surface area contributed by atoms with Gasteiger partial charge in [-0.15, -0.1) is 0 Å². The van der Waals surface area contributed by atoms with Crippen molar-refractivity contribution in [3.05, 3.63) is 88.2 Å². The number of carbonyl (C=O) groups is 1. The van der Waals surface area contributed by atoms with Crippen LogP contribution in [-0.2, 0) is 40.5 Å². The molecule has 36 heavy (non-hydrogen) atoms. The molecule has 0 N–H and O–H groups in total. The molecule has 6 nitrogen and oxygen atoms in total. The first-order valence-corrected chi connectivity index (χ1v) is 13.3. The van der Waals surface area contributed by atoms with E-state index < -0.39 is 37.7 Å². The predicted molar refractivity (Wildman–Crippen MR) is 128 cm³/mol. The fraction of sp³-hybridized carbons (Fsp3) is 0.320. The molecule has 5 rings (SSSR count). The maximum absolute atomic E-state index is 13.7. The molecule has 3 aromatic rings. The van der Waals surface area contributed by atoms with Gasteiger partial charge in [-0.05, 0) is 47.9 Å². The lowest BCUT2D eigenvalue weighted by Crippen LogP contribution is -2.45. The van der Waals surface area contributed by atoms with E-state index in [1.54, 1.807) is 17.0 Å². The van der Waals surface area contributed by atoms with Crippen LogP contribution in [-0.4, -0.2) is 41.2 Å². The highest BCUT2D eigenvalue weighted by Crippen LogP contribution is 2.38. The number of hydrogen-bond donors (Lipinski definition) is 0. The van der Waals surface area contributed by atoms with E-state index in [9.17, 15) is 26.4 Å². The Balaban J connectivity index is 1.45. The van der Waals surface area contributed by atoms with Gasteiger partial charge in [0, 0.05) is 44.5 Å². The minimum atomic E-state index is -4.65. The molecule has 0 fully saturated rings. The maximum atomic E-state index is 13.7. The lowest BCUT2D eigenvalue weighted by molar-refractivity contribution is -0.137. The summed E-state index contributed by atoms with van der Waals surface area (Å²) in [6, 6.07) is 12.8. The zero-order valence-electron chi connectivity index (χ0n) is 19.1. The van der Waals surface area contributed by atoms with Gasteiger partial charge in [0.05, 0.1) is 16.6 Å². The van der Waals surface area contributed by atoms with E-state index in [1.807, 2.05) is 35.0 Å². The van der Waals surface area contributed by atoms with Crippen molar-refractivity contribution < 1.29 is 26.4 Å².